The number of aromatic nitrogens is 1. The lowest BCUT2D eigenvalue weighted by Gasteiger charge is -2.16. The third-order valence-electron chi connectivity index (χ3n) is 2.56. The molecule has 0 amide bonds. The van der Waals surface area contributed by atoms with Crippen molar-refractivity contribution < 1.29 is 0 Å². The first-order valence-corrected chi connectivity index (χ1v) is 8.22. The van der Waals surface area contributed by atoms with E-state index in [-0.39, 0.29) is 6.04 Å². The summed E-state index contributed by atoms with van der Waals surface area (Å²) in [6.45, 7) is 3.11. The van der Waals surface area contributed by atoms with E-state index in [1.165, 1.54) is 11.3 Å². The van der Waals surface area contributed by atoms with Crippen molar-refractivity contribution in [3.05, 3.63) is 36.9 Å². The van der Waals surface area contributed by atoms with Crippen molar-refractivity contribution in [1.29, 1.82) is 0 Å². The smallest absolute Gasteiger partial charge is 0.0992 e. The molecule has 1 N–H and O–H groups in total. The zero-order valence-electron chi connectivity index (χ0n) is 9.95. The summed E-state index contributed by atoms with van der Waals surface area (Å²) in [5.74, 6) is 0. The first-order chi connectivity index (χ1) is 8.70. The van der Waals surface area contributed by atoms with E-state index in [1.54, 1.807) is 11.3 Å². The number of thiophene rings is 1. The molecule has 1 atom stereocenters. The van der Waals surface area contributed by atoms with Gasteiger partial charge in [0, 0.05) is 29.6 Å². The van der Waals surface area contributed by atoms with E-state index in [2.05, 4.69) is 17.2 Å². The fraction of sp³-hybridized carbons (Fsp3) is 0.417. The molecule has 0 spiro atoms. The molecule has 0 aliphatic heterocycles. The Morgan fingerprint density at radius 3 is 2.83 bits per heavy atom. The summed E-state index contributed by atoms with van der Waals surface area (Å²) in [5, 5.41) is 6.62. The number of nitrogens with zero attached hydrogens (tertiary/aromatic N) is 1. The minimum atomic E-state index is 0.187. The molecule has 2 aromatic rings. The van der Waals surface area contributed by atoms with Crippen molar-refractivity contribution in [2.24, 2.45) is 0 Å². The topological polar surface area (TPSA) is 24.9 Å². The van der Waals surface area contributed by atoms with Crippen LogP contribution in [0.4, 0.5) is 0 Å². The Morgan fingerprint density at radius 1 is 1.44 bits per heavy atom. The number of halogens is 2. The molecule has 2 aromatic heterocycles. The number of hydrogen-bond donors (Lipinski definition) is 1. The van der Waals surface area contributed by atoms with Crippen LogP contribution in [-0.2, 0) is 6.42 Å². The molecule has 2 rings (SSSR count). The van der Waals surface area contributed by atoms with Crippen molar-refractivity contribution in [2.45, 2.75) is 25.8 Å². The summed E-state index contributed by atoms with van der Waals surface area (Å²) in [7, 11) is 0. The Hall–Kier alpha value is -0.130. The van der Waals surface area contributed by atoms with Crippen LogP contribution in [-0.4, -0.2) is 11.5 Å². The van der Waals surface area contributed by atoms with Crippen LogP contribution in [0, 0.1) is 0 Å². The second kappa shape index (κ2) is 6.87. The number of rotatable bonds is 6. The van der Waals surface area contributed by atoms with Gasteiger partial charge in [-0.1, -0.05) is 30.1 Å². The minimum Gasteiger partial charge on any atom is -0.310 e. The lowest BCUT2D eigenvalue weighted by Crippen LogP contribution is -2.23. The van der Waals surface area contributed by atoms with Crippen LogP contribution in [0.25, 0.3) is 0 Å². The molecular formula is C12H14Cl2N2S2. The van der Waals surface area contributed by atoms with E-state index in [1.807, 2.05) is 17.6 Å². The molecule has 0 saturated heterocycles. The average molecular weight is 321 g/mol. The Balaban J connectivity index is 2.16. The lowest BCUT2D eigenvalue weighted by atomic mass is 10.1. The fourth-order valence-corrected chi connectivity index (χ4v) is 3.97. The standard InChI is InChI=1S/C12H14Cl2N2S2/c1-2-3-15-9(7-11-16-4-5-17-11)8-6-10(13)18-12(8)14/h4-6,9,15H,2-3,7H2,1H3. The maximum atomic E-state index is 6.24. The normalized spacial score (nSPS) is 12.8. The van der Waals surface area contributed by atoms with Gasteiger partial charge in [0.25, 0.3) is 0 Å². The summed E-state index contributed by atoms with van der Waals surface area (Å²) < 4.78 is 1.50. The Morgan fingerprint density at radius 2 is 2.28 bits per heavy atom. The van der Waals surface area contributed by atoms with Crippen molar-refractivity contribution >= 4 is 45.9 Å². The van der Waals surface area contributed by atoms with Gasteiger partial charge in [0.1, 0.15) is 0 Å². The van der Waals surface area contributed by atoms with E-state index in [9.17, 15) is 0 Å². The van der Waals surface area contributed by atoms with E-state index >= 15 is 0 Å². The minimum absolute atomic E-state index is 0.187. The van der Waals surface area contributed by atoms with Gasteiger partial charge in [-0.3, -0.25) is 0 Å². The summed E-state index contributed by atoms with van der Waals surface area (Å²) >= 11 is 15.3. The van der Waals surface area contributed by atoms with E-state index in [4.69, 9.17) is 23.2 Å². The molecule has 2 heterocycles. The van der Waals surface area contributed by atoms with Gasteiger partial charge in [-0.2, -0.15) is 0 Å². The molecule has 6 heteroatoms. The summed E-state index contributed by atoms with van der Waals surface area (Å²) in [6, 6.07) is 2.14. The van der Waals surface area contributed by atoms with Crippen LogP contribution in [0.15, 0.2) is 17.6 Å². The largest absolute Gasteiger partial charge is 0.310 e. The molecule has 0 aromatic carbocycles. The van der Waals surface area contributed by atoms with E-state index < -0.39 is 0 Å². The quantitative estimate of drug-likeness (QED) is 0.827. The van der Waals surface area contributed by atoms with Crippen molar-refractivity contribution in [3.8, 4) is 0 Å². The monoisotopic (exact) mass is 320 g/mol. The van der Waals surface area contributed by atoms with Crippen molar-refractivity contribution in [2.75, 3.05) is 6.54 Å². The third-order valence-corrected chi connectivity index (χ3v) is 4.88. The summed E-state index contributed by atoms with van der Waals surface area (Å²) in [4.78, 5) is 4.33. The maximum absolute atomic E-state index is 6.24. The van der Waals surface area contributed by atoms with Gasteiger partial charge < -0.3 is 5.32 Å². The van der Waals surface area contributed by atoms with Gasteiger partial charge >= 0.3 is 0 Å². The molecule has 2 nitrogen and oxygen atoms in total. The predicted molar refractivity (Wildman–Crippen MR) is 81.2 cm³/mol. The van der Waals surface area contributed by atoms with Gasteiger partial charge in [-0.25, -0.2) is 4.98 Å². The highest BCUT2D eigenvalue weighted by Gasteiger charge is 2.18. The molecule has 1 unspecified atom stereocenters. The zero-order valence-corrected chi connectivity index (χ0v) is 13.1. The van der Waals surface area contributed by atoms with Crippen LogP contribution in [0.2, 0.25) is 8.67 Å². The van der Waals surface area contributed by atoms with Gasteiger partial charge in [0.15, 0.2) is 0 Å². The lowest BCUT2D eigenvalue weighted by molar-refractivity contribution is 0.530. The van der Waals surface area contributed by atoms with Gasteiger partial charge in [-0.15, -0.1) is 22.7 Å². The van der Waals surface area contributed by atoms with Crippen molar-refractivity contribution in [3.63, 3.8) is 0 Å². The molecule has 0 fully saturated rings. The summed E-state index contributed by atoms with van der Waals surface area (Å²) in [5.41, 5.74) is 1.08. The summed E-state index contributed by atoms with van der Waals surface area (Å²) in [6.07, 6.45) is 3.77. The van der Waals surface area contributed by atoms with Crippen LogP contribution >= 0.6 is 45.9 Å². The number of nitrogens with one attached hydrogen (secondary N) is 1. The molecule has 0 aliphatic carbocycles. The Kier molecular flexibility index (Phi) is 5.45. The van der Waals surface area contributed by atoms with Crippen LogP contribution in [0.5, 0.6) is 0 Å². The molecule has 0 bridgehead atoms. The first kappa shape index (κ1) is 14.3. The van der Waals surface area contributed by atoms with Gasteiger partial charge in [0.05, 0.1) is 13.7 Å². The molecule has 98 valence electrons. The zero-order chi connectivity index (χ0) is 13.0. The van der Waals surface area contributed by atoms with Crippen LogP contribution < -0.4 is 5.32 Å². The highest BCUT2D eigenvalue weighted by molar-refractivity contribution is 7.20. The van der Waals surface area contributed by atoms with Crippen molar-refractivity contribution in [1.82, 2.24) is 10.3 Å². The van der Waals surface area contributed by atoms with Gasteiger partial charge in [0.2, 0.25) is 0 Å². The van der Waals surface area contributed by atoms with E-state index in [0.717, 1.165) is 38.6 Å². The van der Waals surface area contributed by atoms with Crippen LogP contribution in [0.1, 0.15) is 30.0 Å². The molecule has 0 radical (unpaired) electrons. The predicted octanol–water partition coefficient (Wildman–Crippen LogP) is 4.79. The highest BCUT2D eigenvalue weighted by atomic mass is 35.5. The third kappa shape index (κ3) is 3.68. The fourth-order valence-electron chi connectivity index (χ4n) is 1.73. The second-order valence-corrected chi connectivity index (χ2v) is 7.18. The van der Waals surface area contributed by atoms with Crippen LogP contribution in [0.3, 0.4) is 0 Å². The second-order valence-electron chi connectivity index (χ2n) is 3.92. The highest BCUT2D eigenvalue weighted by Crippen LogP contribution is 2.36. The number of hydrogen-bond acceptors (Lipinski definition) is 4. The molecule has 0 saturated carbocycles. The molecule has 0 aliphatic rings. The SMILES string of the molecule is CCCNC(Cc1nccs1)c1cc(Cl)sc1Cl. The molecule has 18 heavy (non-hydrogen) atoms. The van der Waals surface area contributed by atoms with Gasteiger partial charge in [-0.05, 0) is 19.0 Å². The first-order valence-electron chi connectivity index (χ1n) is 5.77. The molecular weight excluding hydrogens is 307 g/mol. The Bertz CT molecular complexity index is 482. The Labute approximate surface area is 125 Å². The number of thiazole rings is 1. The maximum Gasteiger partial charge on any atom is 0.0992 e. The van der Waals surface area contributed by atoms with E-state index in [0.29, 0.717) is 0 Å². The average Bonchev–Trinajstić information content (AvgIpc) is 2.94.